The van der Waals surface area contributed by atoms with Crippen molar-refractivity contribution in [3.8, 4) is 5.88 Å². The van der Waals surface area contributed by atoms with Crippen LogP contribution in [0.2, 0.25) is 0 Å². The first-order chi connectivity index (χ1) is 13.2. The third kappa shape index (κ3) is 3.39. The summed E-state index contributed by atoms with van der Waals surface area (Å²) in [5.74, 6) is -0.197. The molecule has 6 heteroatoms. The van der Waals surface area contributed by atoms with E-state index in [0.29, 0.717) is 21.9 Å². The lowest BCUT2D eigenvalue weighted by molar-refractivity contribution is 0.421. The number of nitrogens with zero attached hydrogens (tertiary/aromatic N) is 3. The largest absolute Gasteiger partial charge is 0.493 e. The molecule has 0 saturated heterocycles. The lowest BCUT2D eigenvalue weighted by atomic mass is 10.1. The molecule has 0 amide bonds. The molecule has 134 valence electrons. The summed E-state index contributed by atoms with van der Waals surface area (Å²) in [6.07, 6.45) is 5.39. The van der Waals surface area contributed by atoms with Crippen LogP contribution in [0.1, 0.15) is 10.4 Å². The van der Waals surface area contributed by atoms with Crippen molar-refractivity contribution in [3.63, 3.8) is 0 Å². The van der Waals surface area contributed by atoms with E-state index >= 15 is 0 Å². The van der Waals surface area contributed by atoms with Crippen molar-refractivity contribution < 1.29 is 9.50 Å². The van der Waals surface area contributed by atoms with Crippen LogP contribution in [-0.2, 0) is 6.54 Å². The number of rotatable bonds is 4. The molecule has 4 nitrogen and oxygen atoms in total. The SMILES string of the molecule is C=CCn1c(O)c(/C=C2\C=Nc3ccccc32)sc1=Nc1ccc(F)cc1. The van der Waals surface area contributed by atoms with Crippen molar-refractivity contribution >= 4 is 40.6 Å². The van der Waals surface area contributed by atoms with Gasteiger partial charge in [-0.3, -0.25) is 9.56 Å². The fourth-order valence-electron chi connectivity index (χ4n) is 2.81. The average Bonchev–Trinajstić information content (AvgIpc) is 3.21. The topological polar surface area (TPSA) is 49.9 Å². The Kier molecular flexibility index (Phi) is 4.56. The smallest absolute Gasteiger partial charge is 0.211 e. The molecule has 27 heavy (non-hydrogen) atoms. The van der Waals surface area contributed by atoms with Crippen LogP contribution in [0.3, 0.4) is 0 Å². The van der Waals surface area contributed by atoms with Gasteiger partial charge >= 0.3 is 0 Å². The molecule has 2 aromatic carbocycles. The second kappa shape index (κ2) is 7.17. The van der Waals surface area contributed by atoms with E-state index in [-0.39, 0.29) is 11.7 Å². The van der Waals surface area contributed by atoms with Crippen molar-refractivity contribution in [2.45, 2.75) is 6.54 Å². The normalized spacial score (nSPS) is 14.7. The van der Waals surface area contributed by atoms with Crippen molar-refractivity contribution in [3.05, 3.63) is 82.2 Å². The molecule has 0 fully saturated rings. The van der Waals surface area contributed by atoms with Crippen LogP contribution >= 0.6 is 11.3 Å². The number of benzene rings is 2. The quantitative estimate of drug-likeness (QED) is 0.634. The molecule has 1 aliphatic heterocycles. The number of halogens is 1. The monoisotopic (exact) mass is 377 g/mol. The lowest BCUT2D eigenvalue weighted by Crippen LogP contribution is -2.12. The molecule has 0 saturated carbocycles. The highest BCUT2D eigenvalue weighted by Gasteiger charge is 2.15. The maximum atomic E-state index is 13.1. The summed E-state index contributed by atoms with van der Waals surface area (Å²) in [5.41, 5.74) is 3.48. The van der Waals surface area contributed by atoms with E-state index in [2.05, 4.69) is 16.6 Å². The van der Waals surface area contributed by atoms with Gasteiger partial charge in [0.05, 0.1) is 16.3 Å². The number of para-hydroxylation sites is 1. The van der Waals surface area contributed by atoms with Crippen molar-refractivity contribution in [1.29, 1.82) is 0 Å². The molecule has 1 aliphatic rings. The first-order valence-corrected chi connectivity index (χ1v) is 9.16. The standard InChI is InChI=1S/C21H16FN3OS/c1-2-11-25-20(26)19(12-14-13-23-18-6-4-3-5-17(14)18)27-21(25)24-16-9-7-15(22)8-10-16/h2-10,12-13,26H,1,11H2/b14-12+,24-21?. The molecule has 0 aliphatic carbocycles. The Hall–Kier alpha value is -3.25. The number of allylic oxidation sites excluding steroid dienone is 2. The molecule has 0 bridgehead atoms. The minimum atomic E-state index is -0.313. The van der Waals surface area contributed by atoms with E-state index in [0.717, 1.165) is 16.8 Å². The van der Waals surface area contributed by atoms with Gasteiger partial charge in [0.15, 0.2) is 4.80 Å². The Balaban J connectivity index is 1.82. The van der Waals surface area contributed by atoms with E-state index in [1.807, 2.05) is 30.3 Å². The Bertz CT molecular complexity index is 1140. The van der Waals surface area contributed by atoms with Gasteiger partial charge in [0, 0.05) is 23.9 Å². The van der Waals surface area contributed by atoms with Gasteiger partial charge in [-0.15, -0.1) is 6.58 Å². The fraction of sp³-hybridized carbons (Fsp3) is 0.0476. The number of thiazole rings is 1. The molecule has 1 N–H and O–H groups in total. The number of fused-ring (bicyclic) bond motifs is 1. The Morgan fingerprint density at radius 1 is 1.19 bits per heavy atom. The molecule has 2 heterocycles. The maximum Gasteiger partial charge on any atom is 0.211 e. The van der Waals surface area contributed by atoms with E-state index in [1.165, 1.54) is 23.5 Å². The van der Waals surface area contributed by atoms with Gasteiger partial charge in [0.1, 0.15) is 5.82 Å². The summed E-state index contributed by atoms with van der Waals surface area (Å²) in [6, 6.07) is 13.8. The third-order valence-electron chi connectivity index (χ3n) is 4.12. The van der Waals surface area contributed by atoms with Crippen LogP contribution in [0.4, 0.5) is 15.8 Å². The Labute approximate surface area is 159 Å². The Morgan fingerprint density at radius 2 is 1.96 bits per heavy atom. The van der Waals surface area contributed by atoms with Crippen LogP contribution in [0.25, 0.3) is 11.6 Å². The summed E-state index contributed by atoms with van der Waals surface area (Å²) in [7, 11) is 0. The molecule has 0 atom stereocenters. The first-order valence-electron chi connectivity index (χ1n) is 8.34. The summed E-state index contributed by atoms with van der Waals surface area (Å²) >= 11 is 1.35. The predicted molar refractivity (Wildman–Crippen MR) is 108 cm³/mol. The number of aliphatic imine (C=N–C) groups is 1. The molecule has 0 radical (unpaired) electrons. The second-order valence-corrected chi connectivity index (χ2v) is 6.94. The van der Waals surface area contributed by atoms with Gasteiger partial charge in [-0.1, -0.05) is 35.6 Å². The van der Waals surface area contributed by atoms with Gasteiger partial charge in [-0.05, 0) is 36.4 Å². The van der Waals surface area contributed by atoms with Gasteiger partial charge in [-0.2, -0.15) is 0 Å². The molecule has 0 spiro atoms. The molecular formula is C21H16FN3OS. The van der Waals surface area contributed by atoms with Crippen LogP contribution in [0.15, 0.2) is 71.2 Å². The molecule has 0 unspecified atom stereocenters. The minimum Gasteiger partial charge on any atom is -0.493 e. The van der Waals surface area contributed by atoms with E-state index in [1.54, 1.807) is 29.0 Å². The van der Waals surface area contributed by atoms with Gasteiger partial charge in [0.25, 0.3) is 0 Å². The zero-order valence-electron chi connectivity index (χ0n) is 14.3. The average molecular weight is 377 g/mol. The zero-order chi connectivity index (χ0) is 18.8. The molecular weight excluding hydrogens is 361 g/mol. The number of hydrogen-bond acceptors (Lipinski definition) is 4. The van der Waals surface area contributed by atoms with Gasteiger partial charge in [0.2, 0.25) is 5.88 Å². The zero-order valence-corrected chi connectivity index (χ0v) is 15.2. The predicted octanol–water partition coefficient (Wildman–Crippen LogP) is 5.07. The summed E-state index contributed by atoms with van der Waals surface area (Å²) in [5, 5.41) is 10.7. The number of hydrogen-bond donors (Lipinski definition) is 1. The van der Waals surface area contributed by atoms with E-state index in [4.69, 9.17) is 0 Å². The summed E-state index contributed by atoms with van der Waals surface area (Å²) in [6.45, 7) is 4.16. The minimum absolute atomic E-state index is 0.117. The van der Waals surface area contributed by atoms with Gasteiger partial charge in [-0.25, -0.2) is 9.38 Å². The molecule has 4 rings (SSSR count). The third-order valence-corrected chi connectivity index (χ3v) is 5.13. The molecule has 1 aromatic heterocycles. The number of aromatic hydroxyl groups is 1. The van der Waals surface area contributed by atoms with Crippen molar-refractivity contribution in [2.75, 3.05) is 0 Å². The van der Waals surface area contributed by atoms with Crippen LogP contribution in [-0.4, -0.2) is 15.9 Å². The number of aromatic nitrogens is 1. The maximum absolute atomic E-state index is 13.1. The Morgan fingerprint density at radius 3 is 2.74 bits per heavy atom. The van der Waals surface area contributed by atoms with Gasteiger partial charge < -0.3 is 5.11 Å². The van der Waals surface area contributed by atoms with E-state index < -0.39 is 0 Å². The van der Waals surface area contributed by atoms with Crippen LogP contribution in [0.5, 0.6) is 5.88 Å². The van der Waals surface area contributed by atoms with E-state index in [9.17, 15) is 9.50 Å². The first kappa shape index (κ1) is 17.2. The van der Waals surface area contributed by atoms with Crippen molar-refractivity contribution in [1.82, 2.24) is 4.57 Å². The van der Waals surface area contributed by atoms with Crippen molar-refractivity contribution in [2.24, 2.45) is 9.98 Å². The highest BCUT2D eigenvalue weighted by molar-refractivity contribution is 7.10. The highest BCUT2D eigenvalue weighted by atomic mass is 32.1. The summed E-state index contributed by atoms with van der Waals surface area (Å²) < 4.78 is 14.8. The molecule has 3 aromatic rings. The van der Waals surface area contributed by atoms with Crippen LogP contribution in [0, 0.1) is 5.82 Å². The summed E-state index contributed by atoms with van der Waals surface area (Å²) in [4.78, 5) is 10.2. The lowest BCUT2D eigenvalue weighted by Gasteiger charge is -2.01. The second-order valence-electron chi connectivity index (χ2n) is 5.94. The fourth-order valence-corrected chi connectivity index (χ4v) is 3.82. The highest BCUT2D eigenvalue weighted by Crippen LogP contribution is 2.34. The van der Waals surface area contributed by atoms with Crippen LogP contribution < -0.4 is 4.80 Å².